The van der Waals surface area contributed by atoms with Gasteiger partial charge in [-0.25, -0.2) is 0 Å². The molecule has 2 heterocycles. The third-order valence-electron chi connectivity index (χ3n) is 5.50. The Kier molecular flexibility index (Phi) is 1.36. The zero-order valence-electron chi connectivity index (χ0n) is 8.98. The Morgan fingerprint density at radius 3 is 2.88 bits per heavy atom. The predicted octanol–water partition coefficient (Wildman–Crippen LogP) is 0.352. The number of ether oxygens (including phenoxy) is 2. The molecular weight excluding hydrogens is 210 g/mol. The van der Waals surface area contributed by atoms with E-state index in [1.165, 1.54) is 7.11 Å². The second kappa shape index (κ2) is 2.47. The monoisotopic (exact) mass is 224 g/mol. The SMILES string of the molecule is CON([O-])C1C2C3CC4OC5OC5C1C4C32. The summed E-state index contributed by atoms with van der Waals surface area (Å²) in [6.45, 7) is 0. The van der Waals surface area contributed by atoms with Gasteiger partial charge in [-0.2, -0.15) is 0 Å². The maximum atomic E-state index is 11.8. The number of hydrogen-bond acceptors (Lipinski definition) is 5. The lowest BCUT2D eigenvalue weighted by Gasteiger charge is -2.39. The summed E-state index contributed by atoms with van der Waals surface area (Å²) < 4.78 is 11.4. The highest BCUT2D eigenvalue weighted by Crippen LogP contribution is 2.75. The van der Waals surface area contributed by atoms with E-state index in [0.29, 0.717) is 23.9 Å². The zero-order valence-corrected chi connectivity index (χ0v) is 8.98. The van der Waals surface area contributed by atoms with Gasteiger partial charge in [-0.05, 0) is 30.1 Å². The molecule has 5 nitrogen and oxygen atoms in total. The van der Waals surface area contributed by atoms with E-state index in [2.05, 4.69) is 0 Å². The maximum absolute atomic E-state index is 11.8. The highest BCUT2D eigenvalue weighted by molar-refractivity contribution is 5.26. The summed E-state index contributed by atoms with van der Waals surface area (Å²) in [5.41, 5.74) is 0. The third kappa shape index (κ3) is 0.781. The van der Waals surface area contributed by atoms with Crippen molar-refractivity contribution < 1.29 is 14.3 Å². The number of nitrogens with zero attached hydrogens (tertiary/aromatic N) is 1. The lowest BCUT2D eigenvalue weighted by molar-refractivity contribution is -0.145. The van der Waals surface area contributed by atoms with E-state index in [0.717, 1.165) is 23.5 Å². The van der Waals surface area contributed by atoms with Gasteiger partial charge in [-0.15, -0.1) is 0 Å². The number of rotatable bonds is 2. The molecule has 0 radical (unpaired) electrons. The fraction of sp³-hybridized carbons (Fsp3) is 1.00. The quantitative estimate of drug-likeness (QED) is 0.500. The molecule has 0 N–H and O–H groups in total. The van der Waals surface area contributed by atoms with Gasteiger partial charge in [0, 0.05) is 12.0 Å². The molecule has 88 valence electrons. The summed E-state index contributed by atoms with van der Waals surface area (Å²) in [6, 6.07) is 0.0221. The molecule has 5 aliphatic rings. The van der Waals surface area contributed by atoms with E-state index in [-0.39, 0.29) is 18.4 Å². The van der Waals surface area contributed by atoms with Gasteiger partial charge in [0.15, 0.2) is 6.29 Å². The second-order valence-corrected chi connectivity index (χ2v) is 5.81. The minimum Gasteiger partial charge on any atom is -0.762 e. The third-order valence-corrected chi connectivity index (χ3v) is 5.50. The van der Waals surface area contributed by atoms with E-state index >= 15 is 0 Å². The topological polar surface area (TPSA) is 57.3 Å². The van der Waals surface area contributed by atoms with Crippen LogP contribution < -0.4 is 0 Å². The van der Waals surface area contributed by atoms with E-state index < -0.39 is 0 Å². The van der Waals surface area contributed by atoms with Gasteiger partial charge in [0.2, 0.25) is 0 Å². The molecule has 0 bridgehead atoms. The van der Waals surface area contributed by atoms with E-state index in [9.17, 15) is 5.21 Å². The van der Waals surface area contributed by atoms with Crippen LogP contribution in [0.2, 0.25) is 0 Å². The molecule has 0 aromatic heterocycles. The highest BCUT2D eigenvalue weighted by Gasteiger charge is 2.79. The Balaban J connectivity index is 1.56. The molecule has 9 atom stereocenters. The molecule has 0 aromatic rings. The lowest BCUT2D eigenvalue weighted by Crippen LogP contribution is -2.44. The van der Waals surface area contributed by atoms with Crippen molar-refractivity contribution in [1.29, 1.82) is 0 Å². The molecule has 5 rings (SSSR count). The van der Waals surface area contributed by atoms with E-state index in [4.69, 9.17) is 14.3 Å². The molecule has 5 heteroatoms. The van der Waals surface area contributed by atoms with Crippen molar-refractivity contribution >= 4 is 0 Å². The van der Waals surface area contributed by atoms with Crippen LogP contribution in [0.5, 0.6) is 0 Å². The second-order valence-electron chi connectivity index (χ2n) is 5.81. The molecule has 3 aliphatic carbocycles. The number of hydroxylamine groups is 2. The van der Waals surface area contributed by atoms with Gasteiger partial charge in [0.1, 0.15) is 6.10 Å². The zero-order chi connectivity index (χ0) is 10.6. The first-order valence-corrected chi connectivity index (χ1v) is 6.12. The van der Waals surface area contributed by atoms with Crippen molar-refractivity contribution in [3.05, 3.63) is 5.21 Å². The maximum Gasteiger partial charge on any atom is 0.185 e. The van der Waals surface area contributed by atoms with Crippen molar-refractivity contribution in [2.45, 2.75) is 31.0 Å². The molecule has 0 aromatic carbocycles. The van der Waals surface area contributed by atoms with Gasteiger partial charge in [-0.1, -0.05) is 0 Å². The normalized spacial score (nSPS) is 68.1. The van der Waals surface area contributed by atoms with E-state index in [1.54, 1.807) is 0 Å². The van der Waals surface area contributed by atoms with Crippen LogP contribution in [0.4, 0.5) is 0 Å². The standard InChI is InChI=1S/C11H14NO4/c1-14-12(13)9-6-3-2-4-7(5(3)6)8(9)10-11(15-4)16-10/h3-11H,2H2,1H3/q-1. The molecule has 0 spiro atoms. The molecule has 9 unspecified atom stereocenters. The van der Waals surface area contributed by atoms with Gasteiger partial charge in [0.05, 0.1) is 13.2 Å². The largest absolute Gasteiger partial charge is 0.762 e. The predicted molar refractivity (Wildman–Crippen MR) is 51.6 cm³/mol. The molecular formula is C11H14NO4-. The first kappa shape index (κ1) is 8.83. The Morgan fingerprint density at radius 1 is 1.19 bits per heavy atom. The van der Waals surface area contributed by atoms with Crippen LogP contribution in [0.1, 0.15) is 6.42 Å². The summed E-state index contributed by atoms with van der Waals surface area (Å²) in [6.07, 6.45) is 1.65. The van der Waals surface area contributed by atoms with Gasteiger partial charge < -0.3 is 19.5 Å². The fourth-order valence-electron chi connectivity index (χ4n) is 5.05. The Morgan fingerprint density at radius 2 is 2.06 bits per heavy atom. The Labute approximate surface area is 93.2 Å². The molecule has 3 saturated carbocycles. The summed E-state index contributed by atoms with van der Waals surface area (Å²) >= 11 is 0. The van der Waals surface area contributed by atoms with Crippen LogP contribution in [0.3, 0.4) is 0 Å². The number of epoxide rings is 1. The van der Waals surface area contributed by atoms with Crippen LogP contribution in [0.25, 0.3) is 0 Å². The van der Waals surface area contributed by atoms with Crippen LogP contribution >= 0.6 is 0 Å². The number of hydrogen-bond donors (Lipinski definition) is 0. The molecule has 0 amide bonds. The fourth-order valence-corrected chi connectivity index (χ4v) is 5.05. The molecule has 16 heavy (non-hydrogen) atoms. The highest BCUT2D eigenvalue weighted by atomic mass is 16.9. The van der Waals surface area contributed by atoms with Crippen molar-refractivity contribution in [3.8, 4) is 0 Å². The van der Waals surface area contributed by atoms with Gasteiger partial charge in [0.25, 0.3) is 0 Å². The number of fused-ring (bicyclic) bond motifs is 3. The summed E-state index contributed by atoms with van der Waals surface area (Å²) in [5.74, 6) is 2.91. The lowest BCUT2D eigenvalue weighted by atomic mass is 9.84. The molecule has 2 saturated heterocycles. The summed E-state index contributed by atoms with van der Waals surface area (Å²) in [5, 5.41) is 12.7. The van der Waals surface area contributed by atoms with Gasteiger partial charge in [-0.3, -0.25) is 5.23 Å². The van der Waals surface area contributed by atoms with Crippen LogP contribution in [0.15, 0.2) is 0 Å². The van der Waals surface area contributed by atoms with Gasteiger partial charge >= 0.3 is 0 Å². The minimum absolute atomic E-state index is 0.0183. The smallest absolute Gasteiger partial charge is 0.185 e. The van der Waals surface area contributed by atoms with Crippen LogP contribution in [-0.4, -0.2) is 36.9 Å². The minimum atomic E-state index is -0.0183. The summed E-state index contributed by atoms with van der Waals surface area (Å²) in [4.78, 5) is 4.90. The Hall–Kier alpha value is -0.200. The summed E-state index contributed by atoms with van der Waals surface area (Å²) in [7, 11) is 1.46. The molecule has 2 aliphatic heterocycles. The van der Waals surface area contributed by atoms with Crippen molar-refractivity contribution in [3.63, 3.8) is 0 Å². The average Bonchev–Trinajstić information content (AvgIpc) is 3.13. The van der Waals surface area contributed by atoms with Crippen molar-refractivity contribution in [2.75, 3.05) is 7.11 Å². The van der Waals surface area contributed by atoms with E-state index in [1.807, 2.05) is 0 Å². The molecule has 5 fully saturated rings. The average molecular weight is 224 g/mol. The Bertz CT molecular complexity index is 362. The first-order chi connectivity index (χ1) is 7.81. The van der Waals surface area contributed by atoms with Crippen molar-refractivity contribution in [2.24, 2.45) is 29.6 Å². The van der Waals surface area contributed by atoms with Crippen molar-refractivity contribution in [1.82, 2.24) is 5.23 Å². The van der Waals surface area contributed by atoms with Crippen LogP contribution in [0, 0.1) is 34.8 Å². The van der Waals surface area contributed by atoms with Crippen LogP contribution in [-0.2, 0) is 14.3 Å². The first-order valence-electron chi connectivity index (χ1n) is 6.12.